The second-order valence-corrected chi connectivity index (χ2v) is 6.96. The van der Waals surface area contributed by atoms with E-state index in [4.69, 9.17) is 0 Å². The molecule has 0 aromatic heterocycles. The van der Waals surface area contributed by atoms with Gasteiger partial charge in [0.15, 0.2) is 0 Å². The number of nitrogens with one attached hydrogen (secondary N) is 1. The van der Waals surface area contributed by atoms with Crippen molar-refractivity contribution in [1.29, 1.82) is 0 Å². The van der Waals surface area contributed by atoms with Crippen LogP contribution in [-0.2, 0) is 4.79 Å². The van der Waals surface area contributed by atoms with Crippen LogP contribution in [0.2, 0.25) is 0 Å². The molecule has 25 heavy (non-hydrogen) atoms. The first-order chi connectivity index (χ1) is 12.0. The summed E-state index contributed by atoms with van der Waals surface area (Å²) >= 11 is 3.35. The Bertz CT molecular complexity index is 771. The number of carbonyl (C=O) groups is 2. The number of halogens is 2. The Labute approximate surface area is 154 Å². The minimum Gasteiger partial charge on any atom is -0.339 e. The number of benzene rings is 2. The maximum absolute atomic E-state index is 13.6. The number of piperidine rings is 1. The lowest BCUT2D eigenvalue weighted by molar-refractivity contribution is -0.121. The van der Waals surface area contributed by atoms with Gasteiger partial charge in [0.05, 0.1) is 5.69 Å². The second-order valence-electron chi connectivity index (χ2n) is 6.04. The number of anilines is 1. The molecule has 0 unspecified atom stereocenters. The van der Waals surface area contributed by atoms with Crippen molar-refractivity contribution in [3.8, 4) is 0 Å². The van der Waals surface area contributed by atoms with E-state index in [0.29, 0.717) is 31.5 Å². The predicted molar refractivity (Wildman–Crippen MR) is 97.8 cm³/mol. The molecule has 1 fully saturated rings. The highest BCUT2D eigenvalue weighted by atomic mass is 79.9. The van der Waals surface area contributed by atoms with Gasteiger partial charge in [-0.25, -0.2) is 4.39 Å². The highest BCUT2D eigenvalue weighted by molar-refractivity contribution is 9.10. The van der Waals surface area contributed by atoms with Crippen LogP contribution >= 0.6 is 15.9 Å². The van der Waals surface area contributed by atoms with Gasteiger partial charge in [-0.05, 0) is 49.2 Å². The van der Waals surface area contributed by atoms with Crippen LogP contribution in [0.5, 0.6) is 0 Å². The van der Waals surface area contributed by atoms with Crippen LogP contribution in [0.3, 0.4) is 0 Å². The van der Waals surface area contributed by atoms with Gasteiger partial charge in [0, 0.05) is 29.0 Å². The topological polar surface area (TPSA) is 49.4 Å². The molecule has 130 valence electrons. The zero-order valence-corrected chi connectivity index (χ0v) is 15.1. The lowest BCUT2D eigenvalue weighted by Gasteiger charge is -2.31. The zero-order valence-electron chi connectivity index (χ0n) is 13.5. The van der Waals surface area contributed by atoms with Gasteiger partial charge in [-0.3, -0.25) is 9.59 Å². The summed E-state index contributed by atoms with van der Waals surface area (Å²) in [5, 5.41) is 2.64. The second kappa shape index (κ2) is 7.78. The molecule has 1 aliphatic heterocycles. The van der Waals surface area contributed by atoms with Crippen LogP contribution in [0.25, 0.3) is 0 Å². The predicted octanol–water partition coefficient (Wildman–Crippen LogP) is 4.08. The molecular formula is C19H18BrFN2O2. The van der Waals surface area contributed by atoms with Crippen molar-refractivity contribution in [2.75, 3.05) is 18.4 Å². The maximum Gasteiger partial charge on any atom is 0.253 e. The van der Waals surface area contributed by atoms with Crippen molar-refractivity contribution < 1.29 is 14.0 Å². The summed E-state index contributed by atoms with van der Waals surface area (Å²) in [5.74, 6) is -0.881. The molecule has 1 aliphatic rings. The number of rotatable bonds is 3. The minimum atomic E-state index is -0.446. The SMILES string of the molecule is O=C(Nc1ccccc1F)C1CCN(C(=O)c2ccc(Br)cc2)CC1. The lowest BCUT2D eigenvalue weighted by Crippen LogP contribution is -2.41. The minimum absolute atomic E-state index is 0.0274. The van der Waals surface area contributed by atoms with E-state index in [9.17, 15) is 14.0 Å². The molecule has 4 nitrogen and oxygen atoms in total. The number of carbonyl (C=O) groups excluding carboxylic acids is 2. The van der Waals surface area contributed by atoms with Crippen molar-refractivity contribution in [2.45, 2.75) is 12.8 Å². The monoisotopic (exact) mass is 404 g/mol. The normalized spacial score (nSPS) is 15.0. The molecule has 0 atom stereocenters. The van der Waals surface area contributed by atoms with Crippen LogP contribution in [0.4, 0.5) is 10.1 Å². The third-order valence-electron chi connectivity index (χ3n) is 4.38. The van der Waals surface area contributed by atoms with E-state index < -0.39 is 5.82 Å². The van der Waals surface area contributed by atoms with Crippen LogP contribution in [-0.4, -0.2) is 29.8 Å². The van der Waals surface area contributed by atoms with Crippen molar-refractivity contribution in [3.63, 3.8) is 0 Å². The fourth-order valence-electron chi connectivity index (χ4n) is 2.92. The molecule has 1 N–H and O–H groups in total. The van der Waals surface area contributed by atoms with Crippen molar-refractivity contribution >= 4 is 33.4 Å². The summed E-state index contributed by atoms with van der Waals surface area (Å²) in [7, 11) is 0. The molecule has 2 aromatic rings. The highest BCUT2D eigenvalue weighted by Crippen LogP contribution is 2.22. The average Bonchev–Trinajstić information content (AvgIpc) is 2.64. The number of para-hydroxylation sites is 1. The van der Waals surface area contributed by atoms with Gasteiger partial charge < -0.3 is 10.2 Å². The molecule has 0 bridgehead atoms. The fourth-order valence-corrected chi connectivity index (χ4v) is 3.18. The summed E-state index contributed by atoms with van der Waals surface area (Å²) < 4.78 is 14.6. The van der Waals surface area contributed by atoms with E-state index in [1.807, 2.05) is 12.1 Å². The van der Waals surface area contributed by atoms with E-state index in [1.165, 1.54) is 6.07 Å². The Morgan fingerprint density at radius 1 is 1.04 bits per heavy atom. The Hall–Kier alpha value is -2.21. The maximum atomic E-state index is 13.6. The number of amides is 2. The number of nitrogens with zero attached hydrogens (tertiary/aromatic N) is 1. The van der Waals surface area contributed by atoms with E-state index >= 15 is 0 Å². The van der Waals surface area contributed by atoms with Gasteiger partial charge >= 0.3 is 0 Å². The van der Waals surface area contributed by atoms with Crippen LogP contribution < -0.4 is 5.32 Å². The Balaban J connectivity index is 1.56. The zero-order chi connectivity index (χ0) is 17.8. The van der Waals surface area contributed by atoms with Crippen molar-refractivity contribution in [2.24, 2.45) is 5.92 Å². The Morgan fingerprint density at radius 3 is 2.32 bits per heavy atom. The molecular weight excluding hydrogens is 387 g/mol. The molecule has 3 rings (SSSR count). The summed E-state index contributed by atoms with van der Waals surface area (Å²) in [6.45, 7) is 1.04. The molecule has 1 heterocycles. The van der Waals surface area contributed by atoms with Gasteiger partial charge in [-0.15, -0.1) is 0 Å². The van der Waals surface area contributed by atoms with E-state index in [0.717, 1.165) is 4.47 Å². The number of hydrogen-bond acceptors (Lipinski definition) is 2. The van der Waals surface area contributed by atoms with E-state index in [2.05, 4.69) is 21.2 Å². The first-order valence-corrected chi connectivity index (χ1v) is 8.94. The molecule has 0 saturated carbocycles. The molecule has 6 heteroatoms. The summed E-state index contributed by atoms with van der Waals surface area (Å²) in [6, 6.07) is 13.3. The molecule has 0 radical (unpaired) electrons. The number of hydrogen-bond donors (Lipinski definition) is 1. The highest BCUT2D eigenvalue weighted by Gasteiger charge is 2.28. The van der Waals surface area contributed by atoms with E-state index in [-0.39, 0.29) is 23.4 Å². The van der Waals surface area contributed by atoms with Crippen LogP contribution in [0.15, 0.2) is 53.0 Å². The lowest BCUT2D eigenvalue weighted by atomic mass is 9.95. The molecule has 2 amide bonds. The van der Waals surface area contributed by atoms with Crippen LogP contribution in [0.1, 0.15) is 23.2 Å². The molecule has 2 aromatic carbocycles. The molecule has 1 saturated heterocycles. The smallest absolute Gasteiger partial charge is 0.253 e. The number of likely N-dealkylation sites (tertiary alicyclic amines) is 1. The summed E-state index contributed by atoms with van der Waals surface area (Å²) in [4.78, 5) is 26.6. The summed E-state index contributed by atoms with van der Waals surface area (Å²) in [6.07, 6.45) is 1.14. The summed E-state index contributed by atoms with van der Waals surface area (Å²) in [5.41, 5.74) is 0.832. The third-order valence-corrected chi connectivity index (χ3v) is 4.90. The Kier molecular flexibility index (Phi) is 5.48. The fraction of sp³-hybridized carbons (Fsp3) is 0.263. The van der Waals surface area contributed by atoms with Gasteiger partial charge in [-0.2, -0.15) is 0 Å². The third kappa shape index (κ3) is 4.25. The van der Waals surface area contributed by atoms with Gasteiger partial charge in [0.2, 0.25) is 5.91 Å². The van der Waals surface area contributed by atoms with E-state index in [1.54, 1.807) is 35.2 Å². The van der Waals surface area contributed by atoms with Gasteiger partial charge in [0.1, 0.15) is 5.82 Å². The van der Waals surface area contributed by atoms with Crippen molar-refractivity contribution in [3.05, 3.63) is 64.4 Å². The quantitative estimate of drug-likeness (QED) is 0.837. The van der Waals surface area contributed by atoms with Crippen molar-refractivity contribution in [1.82, 2.24) is 4.90 Å². The standard InChI is InChI=1S/C19H18BrFN2O2/c20-15-7-5-14(6-8-15)19(25)23-11-9-13(10-12-23)18(24)22-17-4-2-1-3-16(17)21/h1-8,13H,9-12H2,(H,22,24). The molecule has 0 spiro atoms. The molecule has 0 aliphatic carbocycles. The largest absolute Gasteiger partial charge is 0.339 e. The first-order valence-electron chi connectivity index (χ1n) is 8.15. The average molecular weight is 405 g/mol. The van der Waals surface area contributed by atoms with Crippen LogP contribution in [0, 0.1) is 11.7 Å². The van der Waals surface area contributed by atoms with Gasteiger partial charge in [0.25, 0.3) is 5.91 Å². The first kappa shape index (κ1) is 17.6. The Morgan fingerprint density at radius 2 is 1.68 bits per heavy atom. The van der Waals surface area contributed by atoms with Gasteiger partial charge in [-0.1, -0.05) is 28.1 Å².